The molecule has 1 aromatic heterocycles. The number of nitrogens with zero attached hydrogens (tertiary/aromatic N) is 2. The summed E-state index contributed by atoms with van der Waals surface area (Å²) in [6.07, 6.45) is 0.170. The van der Waals surface area contributed by atoms with Crippen LogP contribution in [0.1, 0.15) is 16.8 Å². The van der Waals surface area contributed by atoms with Crippen molar-refractivity contribution in [3.05, 3.63) is 75.2 Å². The van der Waals surface area contributed by atoms with Crippen LogP contribution < -0.4 is 5.56 Å². The molecule has 0 fully saturated rings. The number of aromatic amines is 1. The molecular formula is C16H9F2N3O. The molecule has 0 atom stereocenters. The highest BCUT2D eigenvalue weighted by molar-refractivity contribution is 5.83. The van der Waals surface area contributed by atoms with Crippen LogP contribution in [0, 0.1) is 23.0 Å². The summed E-state index contributed by atoms with van der Waals surface area (Å²) in [4.78, 5) is 11.7. The van der Waals surface area contributed by atoms with Crippen molar-refractivity contribution in [2.24, 2.45) is 0 Å². The molecule has 0 saturated heterocycles. The molecule has 0 spiro atoms. The number of aromatic nitrogens is 2. The molecule has 4 nitrogen and oxygen atoms in total. The molecule has 0 bridgehead atoms. The fourth-order valence-electron chi connectivity index (χ4n) is 2.33. The molecular weight excluding hydrogens is 288 g/mol. The van der Waals surface area contributed by atoms with E-state index in [1.54, 1.807) is 30.3 Å². The zero-order valence-electron chi connectivity index (χ0n) is 11.2. The fourth-order valence-corrected chi connectivity index (χ4v) is 2.33. The third-order valence-corrected chi connectivity index (χ3v) is 3.36. The van der Waals surface area contributed by atoms with E-state index in [4.69, 9.17) is 5.26 Å². The van der Waals surface area contributed by atoms with E-state index in [1.165, 1.54) is 6.07 Å². The quantitative estimate of drug-likeness (QED) is 0.790. The highest BCUT2D eigenvalue weighted by Gasteiger charge is 2.13. The molecule has 1 N–H and O–H groups in total. The minimum Gasteiger partial charge on any atom is -0.267 e. The monoisotopic (exact) mass is 297 g/mol. The van der Waals surface area contributed by atoms with Gasteiger partial charge in [-0.15, -0.1) is 0 Å². The van der Waals surface area contributed by atoms with Crippen LogP contribution in [0.2, 0.25) is 0 Å². The van der Waals surface area contributed by atoms with Crippen LogP contribution in [0.3, 0.4) is 0 Å². The maximum atomic E-state index is 13.5. The molecule has 3 aromatic rings. The molecule has 0 aliphatic heterocycles. The summed E-state index contributed by atoms with van der Waals surface area (Å²) in [5.41, 5.74) is 0.247. The molecule has 0 aliphatic carbocycles. The molecule has 22 heavy (non-hydrogen) atoms. The number of fused-ring (bicyclic) bond motifs is 1. The number of hydrogen-bond donors (Lipinski definition) is 1. The van der Waals surface area contributed by atoms with Crippen molar-refractivity contribution in [2.45, 2.75) is 6.42 Å². The molecule has 2 aromatic carbocycles. The Bertz CT molecular complexity index is 973. The van der Waals surface area contributed by atoms with Crippen LogP contribution in [0.4, 0.5) is 8.78 Å². The molecule has 0 saturated carbocycles. The van der Waals surface area contributed by atoms with Crippen LogP contribution in [0.25, 0.3) is 10.8 Å². The normalized spacial score (nSPS) is 10.6. The van der Waals surface area contributed by atoms with Crippen molar-refractivity contribution in [1.29, 1.82) is 5.26 Å². The zero-order valence-corrected chi connectivity index (χ0v) is 11.2. The Balaban J connectivity index is 2.12. The Morgan fingerprint density at radius 2 is 1.91 bits per heavy atom. The van der Waals surface area contributed by atoms with Crippen LogP contribution in [0.15, 0.2) is 41.2 Å². The number of benzene rings is 2. The number of nitriles is 1. The van der Waals surface area contributed by atoms with E-state index in [0.29, 0.717) is 22.0 Å². The lowest BCUT2D eigenvalue weighted by Crippen LogP contribution is -2.11. The van der Waals surface area contributed by atoms with Gasteiger partial charge >= 0.3 is 0 Å². The molecule has 0 unspecified atom stereocenters. The topological polar surface area (TPSA) is 69.5 Å². The Hall–Kier alpha value is -3.07. The first kappa shape index (κ1) is 13.9. The van der Waals surface area contributed by atoms with E-state index in [2.05, 4.69) is 10.2 Å². The lowest BCUT2D eigenvalue weighted by Gasteiger charge is -2.06. The van der Waals surface area contributed by atoms with Crippen LogP contribution in [-0.4, -0.2) is 10.2 Å². The van der Waals surface area contributed by atoms with Crippen molar-refractivity contribution in [2.75, 3.05) is 0 Å². The van der Waals surface area contributed by atoms with E-state index in [0.717, 1.165) is 6.07 Å². The number of hydrogen-bond acceptors (Lipinski definition) is 3. The van der Waals surface area contributed by atoms with Gasteiger partial charge in [0.1, 0.15) is 6.07 Å². The van der Waals surface area contributed by atoms with Gasteiger partial charge in [-0.25, -0.2) is 13.9 Å². The predicted molar refractivity (Wildman–Crippen MR) is 76.2 cm³/mol. The van der Waals surface area contributed by atoms with Gasteiger partial charge < -0.3 is 0 Å². The van der Waals surface area contributed by atoms with Crippen molar-refractivity contribution in [3.63, 3.8) is 0 Å². The lowest BCUT2D eigenvalue weighted by atomic mass is 10.0. The number of nitrogens with one attached hydrogen (secondary N) is 1. The number of rotatable bonds is 2. The van der Waals surface area contributed by atoms with Crippen molar-refractivity contribution in [3.8, 4) is 6.07 Å². The van der Waals surface area contributed by atoms with Crippen LogP contribution in [0.5, 0.6) is 0 Å². The SMILES string of the molecule is N#Cc1cc(Cc2n[nH]c(=O)c3ccccc23)cc(F)c1F. The maximum absolute atomic E-state index is 13.5. The van der Waals surface area contributed by atoms with Gasteiger partial charge in [-0.3, -0.25) is 4.79 Å². The number of H-pyrrole nitrogens is 1. The summed E-state index contributed by atoms with van der Waals surface area (Å²) in [5, 5.41) is 16.3. The van der Waals surface area contributed by atoms with Crippen LogP contribution in [-0.2, 0) is 6.42 Å². The van der Waals surface area contributed by atoms with E-state index in [-0.39, 0.29) is 17.5 Å². The molecule has 0 aliphatic rings. The predicted octanol–water partition coefficient (Wildman–Crippen LogP) is 2.66. The Morgan fingerprint density at radius 3 is 2.64 bits per heavy atom. The highest BCUT2D eigenvalue weighted by atomic mass is 19.2. The summed E-state index contributed by atoms with van der Waals surface area (Å²) in [5.74, 6) is -2.24. The zero-order chi connectivity index (χ0) is 15.7. The third-order valence-electron chi connectivity index (χ3n) is 3.36. The Kier molecular flexibility index (Phi) is 3.39. The van der Waals surface area contributed by atoms with E-state index < -0.39 is 11.6 Å². The smallest absolute Gasteiger partial charge is 0.267 e. The summed E-state index contributed by atoms with van der Waals surface area (Å²) >= 11 is 0. The standard InChI is InChI=1S/C16H9F2N3O/c17-13-6-9(5-10(8-19)15(13)18)7-14-11-3-1-2-4-12(11)16(22)21-20-14/h1-6H,7H2,(H,21,22). The molecule has 6 heteroatoms. The summed E-state index contributed by atoms with van der Waals surface area (Å²) in [6.45, 7) is 0. The summed E-state index contributed by atoms with van der Waals surface area (Å²) in [7, 11) is 0. The minimum absolute atomic E-state index is 0.170. The largest absolute Gasteiger partial charge is 0.272 e. The lowest BCUT2D eigenvalue weighted by molar-refractivity contribution is 0.505. The third kappa shape index (κ3) is 2.33. The molecule has 108 valence electrons. The van der Waals surface area contributed by atoms with Crippen molar-refractivity contribution >= 4 is 10.8 Å². The van der Waals surface area contributed by atoms with E-state index >= 15 is 0 Å². The van der Waals surface area contributed by atoms with Crippen LogP contribution >= 0.6 is 0 Å². The summed E-state index contributed by atoms with van der Waals surface area (Å²) < 4.78 is 26.9. The van der Waals surface area contributed by atoms with Gasteiger partial charge in [-0.2, -0.15) is 10.4 Å². The Morgan fingerprint density at radius 1 is 1.18 bits per heavy atom. The van der Waals surface area contributed by atoms with Gasteiger partial charge in [-0.05, 0) is 23.8 Å². The molecule has 3 rings (SSSR count). The Labute approximate surface area is 123 Å². The first-order valence-corrected chi connectivity index (χ1v) is 6.44. The first-order valence-electron chi connectivity index (χ1n) is 6.44. The minimum atomic E-state index is -1.16. The van der Waals surface area contributed by atoms with Gasteiger partial charge in [0.2, 0.25) is 0 Å². The van der Waals surface area contributed by atoms with Gasteiger partial charge in [0.15, 0.2) is 11.6 Å². The second-order valence-electron chi connectivity index (χ2n) is 4.77. The average molecular weight is 297 g/mol. The molecule has 0 radical (unpaired) electrons. The van der Waals surface area contributed by atoms with Crippen molar-refractivity contribution in [1.82, 2.24) is 10.2 Å². The summed E-state index contributed by atoms with van der Waals surface area (Å²) in [6, 6.07) is 10.8. The fraction of sp³-hybridized carbons (Fsp3) is 0.0625. The average Bonchev–Trinajstić information content (AvgIpc) is 2.53. The highest BCUT2D eigenvalue weighted by Crippen LogP contribution is 2.19. The second kappa shape index (κ2) is 5.37. The van der Waals surface area contributed by atoms with Gasteiger partial charge in [0.25, 0.3) is 5.56 Å². The van der Waals surface area contributed by atoms with E-state index in [1.807, 2.05) is 0 Å². The number of halogens is 2. The molecule has 0 amide bonds. The molecule has 1 heterocycles. The second-order valence-corrected chi connectivity index (χ2v) is 4.77. The van der Waals surface area contributed by atoms with Crippen molar-refractivity contribution < 1.29 is 8.78 Å². The first-order chi connectivity index (χ1) is 10.6. The van der Waals surface area contributed by atoms with E-state index in [9.17, 15) is 13.6 Å². The van der Waals surface area contributed by atoms with Gasteiger partial charge in [0.05, 0.1) is 16.6 Å². The maximum Gasteiger partial charge on any atom is 0.272 e. The van der Waals surface area contributed by atoms with Gasteiger partial charge in [-0.1, -0.05) is 18.2 Å². The van der Waals surface area contributed by atoms with Gasteiger partial charge in [0, 0.05) is 11.8 Å².